The Labute approximate surface area is 153 Å². The first-order valence-corrected chi connectivity index (χ1v) is 9.36. The summed E-state index contributed by atoms with van der Waals surface area (Å²) in [5, 5.41) is 1.91. The van der Waals surface area contributed by atoms with Crippen molar-refractivity contribution in [3.8, 4) is 0 Å². The highest BCUT2D eigenvalue weighted by atomic mass is 16.5. The van der Waals surface area contributed by atoms with Crippen molar-refractivity contribution in [1.82, 2.24) is 15.3 Å². The molecule has 2 atom stereocenters. The van der Waals surface area contributed by atoms with Crippen LogP contribution in [-0.4, -0.2) is 41.5 Å². The van der Waals surface area contributed by atoms with Crippen LogP contribution >= 0.6 is 0 Å². The average molecular weight is 355 g/mol. The van der Waals surface area contributed by atoms with Crippen LogP contribution in [0.3, 0.4) is 0 Å². The number of piperidine rings is 1. The highest BCUT2D eigenvalue weighted by molar-refractivity contribution is 5.89. The van der Waals surface area contributed by atoms with Gasteiger partial charge >= 0.3 is 5.97 Å². The Kier molecular flexibility index (Phi) is 4.68. The molecule has 0 aromatic heterocycles. The number of hydrogen-bond acceptors (Lipinski definition) is 5. The molecule has 1 saturated carbocycles. The molecular weight excluding hydrogens is 330 g/mol. The number of carbonyl (C=O) groups excluding carboxylic acids is 2. The van der Waals surface area contributed by atoms with Gasteiger partial charge in [0.1, 0.15) is 0 Å². The van der Waals surface area contributed by atoms with Gasteiger partial charge in [-0.15, -0.1) is 0 Å². The molecule has 1 aliphatic carbocycles. The summed E-state index contributed by atoms with van der Waals surface area (Å²) >= 11 is 0. The van der Waals surface area contributed by atoms with Gasteiger partial charge in [-0.25, -0.2) is 10.2 Å². The topological polar surface area (TPSA) is 61.9 Å². The van der Waals surface area contributed by atoms with Crippen LogP contribution in [0.25, 0.3) is 0 Å². The normalized spacial score (nSPS) is 24.3. The van der Waals surface area contributed by atoms with Gasteiger partial charge in [0.05, 0.1) is 18.7 Å². The van der Waals surface area contributed by atoms with Crippen molar-refractivity contribution in [2.45, 2.75) is 32.9 Å². The van der Waals surface area contributed by atoms with E-state index in [0.29, 0.717) is 43.6 Å². The number of carbonyl (C=O) groups is 2. The Hall–Kier alpha value is -2.34. The van der Waals surface area contributed by atoms with Gasteiger partial charge in [0.15, 0.2) is 0 Å². The average Bonchev–Trinajstić information content (AvgIpc) is 3.21. The van der Waals surface area contributed by atoms with Crippen molar-refractivity contribution >= 4 is 11.9 Å². The lowest BCUT2D eigenvalue weighted by Crippen LogP contribution is -2.36. The second-order valence-electron chi connectivity index (χ2n) is 7.39. The van der Waals surface area contributed by atoms with E-state index in [9.17, 15) is 9.59 Å². The van der Waals surface area contributed by atoms with Crippen LogP contribution in [0.2, 0.25) is 0 Å². The Morgan fingerprint density at radius 1 is 1.19 bits per heavy atom. The van der Waals surface area contributed by atoms with Crippen LogP contribution in [0.1, 0.15) is 30.9 Å². The third-order valence-electron chi connectivity index (χ3n) is 5.38. The van der Waals surface area contributed by atoms with Crippen molar-refractivity contribution in [3.63, 3.8) is 0 Å². The smallest absolute Gasteiger partial charge is 0.336 e. The molecule has 1 aromatic rings. The van der Waals surface area contributed by atoms with Gasteiger partial charge in [-0.3, -0.25) is 4.79 Å². The number of nitrogens with zero attached hydrogens (tertiary/aromatic N) is 2. The number of rotatable bonds is 6. The number of fused-ring (bicyclic) bond motifs is 1. The number of likely N-dealkylation sites (tertiary alicyclic amines) is 1. The molecule has 2 unspecified atom stereocenters. The molecule has 2 aliphatic heterocycles. The zero-order valence-electron chi connectivity index (χ0n) is 15.1. The Bertz CT molecular complexity index is 728. The lowest BCUT2D eigenvalue weighted by molar-refractivity contribution is -0.138. The molecular formula is C20H25N3O3. The van der Waals surface area contributed by atoms with Crippen LogP contribution in [0.15, 0.2) is 36.0 Å². The van der Waals surface area contributed by atoms with Crippen molar-refractivity contribution in [2.75, 3.05) is 19.7 Å². The number of hydrogen-bond donors (Lipinski definition) is 1. The van der Waals surface area contributed by atoms with Crippen LogP contribution < -0.4 is 5.43 Å². The lowest BCUT2D eigenvalue weighted by atomic mass is 10.1. The molecule has 6 heteroatoms. The fourth-order valence-corrected chi connectivity index (χ4v) is 3.76. The maximum absolute atomic E-state index is 12.1. The third-order valence-corrected chi connectivity index (χ3v) is 5.38. The van der Waals surface area contributed by atoms with Crippen LogP contribution in [0, 0.1) is 11.8 Å². The number of esters is 1. The van der Waals surface area contributed by atoms with E-state index in [4.69, 9.17) is 4.74 Å². The molecule has 3 aliphatic rings. The van der Waals surface area contributed by atoms with Crippen LogP contribution in [-0.2, 0) is 27.4 Å². The van der Waals surface area contributed by atoms with Gasteiger partial charge < -0.3 is 14.6 Å². The summed E-state index contributed by atoms with van der Waals surface area (Å²) in [7, 11) is 0. The number of amides is 1. The Balaban J connectivity index is 1.32. The molecule has 138 valence electrons. The molecule has 0 bridgehead atoms. The van der Waals surface area contributed by atoms with Crippen molar-refractivity contribution < 1.29 is 14.3 Å². The highest BCUT2D eigenvalue weighted by Crippen LogP contribution is 2.45. The van der Waals surface area contributed by atoms with Gasteiger partial charge in [0.25, 0.3) is 0 Å². The van der Waals surface area contributed by atoms with Crippen molar-refractivity contribution in [2.24, 2.45) is 11.8 Å². The fourth-order valence-electron chi connectivity index (χ4n) is 3.76. The Morgan fingerprint density at radius 2 is 1.92 bits per heavy atom. The first-order chi connectivity index (χ1) is 12.6. The molecule has 1 N–H and O–H groups in total. The van der Waals surface area contributed by atoms with Crippen LogP contribution in [0.5, 0.6) is 0 Å². The third kappa shape index (κ3) is 3.75. The minimum Gasteiger partial charge on any atom is -0.463 e. The van der Waals surface area contributed by atoms with E-state index in [0.717, 1.165) is 24.4 Å². The number of hydrazine groups is 1. The minimum absolute atomic E-state index is 0.262. The van der Waals surface area contributed by atoms with Gasteiger partial charge in [-0.05, 0) is 36.3 Å². The summed E-state index contributed by atoms with van der Waals surface area (Å²) in [5.41, 5.74) is 6.13. The second-order valence-corrected chi connectivity index (χ2v) is 7.39. The molecule has 2 fully saturated rings. The molecule has 6 nitrogen and oxygen atoms in total. The molecule has 0 spiro atoms. The largest absolute Gasteiger partial charge is 0.463 e. The van der Waals surface area contributed by atoms with E-state index < -0.39 is 0 Å². The zero-order valence-corrected chi connectivity index (χ0v) is 15.1. The lowest BCUT2D eigenvalue weighted by Gasteiger charge is -2.26. The first-order valence-electron chi connectivity index (χ1n) is 9.36. The maximum atomic E-state index is 12.1. The highest BCUT2D eigenvalue weighted by Gasteiger charge is 2.44. The monoisotopic (exact) mass is 355 g/mol. The fraction of sp³-hybridized carbons (Fsp3) is 0.500. The number of nitrogens with one attached hydrogen (secondary N) is 1. The molecule has 1 amide bonds. The number of ether oxygens (including phenoxy) is 1. The van der Waals surface area contributed by atoms with Crippen molar-refractivity contribution in [3.05, 3.63) is 47.2 Å². The first kappa shape index (κ1) is 17.1. The SMILES string of the molecule is CCOC(=O)C1=CN(Cc2ccc(CN3CC4CC4CC3=O)cc2)NC1. The van der Waals surface area contributed by atoms with Gasteiger partial charge in [0, 0.05) is 32.3 Å². The summed E-state index contributed by atoms with van der Waals surface area (Å²) in [6, 6.07) is 8.35. The second kappa shape index (κ2) is 7.11. The van der Waals surface area contributed by atoms with E-state index in [1.807, 2.05) is 16.1 Å². The Morgan fingerprint density at radius 3 is 2.65 bits per heavy atom. The van der Waals surface area contributed by atoms with E-state index in [1.165, 1.54) is 12.0 Å². The predicted octanol–water partition coefficient (Wildman–Crippen LogP) is 1.82. The molecule has 1 aromatic carbocycles. The van der Waals surface area contributed by atoms with Crippen molar-refractivity contribution in [1.29, 1.82) is 0 Å². The summed E-state index contributed by atoms with van der Waals surface area (Å²) in [6.07, 6.45) is 3.77. The van der Waals surface area contributed by atoms with Gasteiger partial charge in [0.2, 0.25) is 5.91 Å². The van der Waals surface area contributed by atoms with E-state index in [1.54, 1.807) is 6.92 Å². The zero-order chi connectivity index (χ0) is 18.1. The molecule has 2 heterocycles. The molecule has 26 heavy (non-hydrogen) atoms. The molecule has 4 rings (SSSR count). The minimum atomic E-state index is -0.262. The van der Waals surface area contributed by atoms with E-state index >= 15 is 0 Å². The number of benzene rings is 1. The maximum Gasteiger partial charge on any atom is 0.336 e. The summed E-state index contributed by atoms with van der Waals surface area (Å²) in [6.45, 7) is 4.99. The summed E-state index contributed by atoms with van der Waals surface area (Å²) < 4.78 is 5.03. The van der Waals surface area contributed by atoms with Gasteiger partial charge in [-0.1, -0.05) is 24.3 Å². The van der Waals surface area contributed by atoms with E-state index in [2.05, 4.69) is 29.7 Å². The quantitative estimate of drug-likeness (QED) is 0.789. The predicted molar refractivity (Wildman–Crippen MR) is 96.3 cm³/mol. The van der Waals surface area contributed by atoms with Gasteiger partial charge in [-0.2, -0.15) is 0 Å². The molecule has 0 radical (unpaired) electrons. The summed E-state index contributed by atoms with van der Waals surface area (Å²) in [5.74, 6) is 1.45. The van der Waals surface area contributed by atoms with Crippen LogP contribution in [0.4, 0.5) is 0 Å². The molecule has 1 saturated heterocycles. The standard InChI is InChI=1S/C20H25N3O3/c1-2-26-20(25)18-9-21-23(13-18)11-15-5-3-14(4-6-15)10-22-12-17-7-16(17)8-19(22)24/h3-6,13,16-17,21H,2,7-12H2,1H3. The summed E-state index contributed by atoms with van der Waals surface area (Å²) in [4.78, 5) is 25.9. The van der Waals surface area contributed by atoms with E-state index in [-0.39, 0.29) is 5.97 Å².